The van der Waals surface area contributed by atoms with Gasteiger partial charge in [0.05, 0.1) is 10.7 Å². The topological polar surface area (TPSA) is 3.24 Å². The van der Waals surface area contributed by atoms with Crippen molar-refractivity contribution >= 4 is 23.2 Å². The van der Waals surface area contributed by atoms with Crippen molar-refractivity contribution < 1.29 is 8.78 Å². The first kappa shape index (κ1) is 12.2. The molecule has 0 N–H and O–H groups in total. The van der Waals surface area contributed by atoms with Gasteiger partial charge in [0.15, 0.2) is 0 Å². The van der Waals surface area contributed by atoms with E-state index < -0.39 is 5.92 Å². The Balaban J connectivity index is 2.12. The van der Waals surface area contributed by atoms with E-state index in [0.29, 0.717) is 23.2 Å². The van der Waals surface area contributed by atoms with Gasteiger partial charge in [0, 0.05) is 31.0 Å². The van der Waals surface area contributed by atoms with E-state index in [1.165, 1.54) is 0 Å². The van der Waals surface area contributed by atoms with Crippen LogP contribution in [0.5, 0.6) is 0 Å². The van der Waals surface area contributed by atoms with Gasteiger partial charge in [0.2, 0.25) is 0 Å². The Hall–Kier alpha value is -0.280. The number of likely N-dealkylation sites (tertiary alicyclic amines) is 1. The molecule has 0 saturated carbocycles. The molecule has 16 heavy (non-hydrogen) atoms. The number of alkyl halides is 2. The fraction of sp³-hybridized carbons (Fsp3) is 0.636. The largest absolute Gasteiger partial charge is 0.369 e. The Labute approximate surface area is 104 Å². The van der Waals surface area contributed by atoms with Crippen molar-refractivity contribution in [3.8, 4) is 0 Å². The summed E-state index contributed by atoms with van der Waals surface area (Å²) in [4.78, 5) is 1.87. The Kier molecular flexibility index (Phi) is 3.45. The van der Waals surface area contributed by atoms with E-state index in [2.05, 4.69) is 0 Å². The molecular formula is C11H13Cl2F2N. The van der Waals surface area contributed by atoms with Crippen molar-refractivity contribution in [1.82, 2.24) is 4.90 Å². The number of piperidine rings is 1. The van der Waals surface area contributed by atoms with E-state index in [-0.39, 0.29) is 12.8 Å². The van der Waals surface area contributed by atoms with Crippen LogP contribution in [0.15, 0.2) is 21.8 Å². The van der Waals surface area contributed by atoms with Gasteiger partial charge in [0.1, 0.15) is 0 Å². The van der Waals surface area contributed by atoms with E-state index in [4.69, 9.17) is 23.2 Å². The highest BCUT2D eigenvalue weighted by atomic mass is 35.5. The maximum absolute atomic E-state index is 13.0. The van der Waals surface area contributed by atoms with E-state index in [9.17, 15) is 8.78 Å². The minimum absolute atomic E-state index is 0.120. The van der Waals surface area contributed by atoms with Crippen LogP contribution in [0.3, 0.4) is 0 Å². The zero-order valence-electron chi connectivity index (χ0n) is 8.78. The molecule has 5 heteroatoms. The van der Waals surface area contributed by atoms with E-state index >= 15 is 0 Å². The lowest BCUT2D eigenvalue weighted by Crippen LogP contribution is -2.39. The van der Waals surface area contributed by atoms with Crippen molar-refractivity contribution in [3.05, 3.63) is 21.8 Å². The lowest BCUT2D eigenvalue weighted by Gasteiger charge is -2.36. The molecule has 0 aromatic heterocycles. The summed E-state index contributed by atoms with van der Waals surface area (Å²) in [7, 11) is 0. The first-order valence-electron chi connectivity index (χ1n) is 5.37. The Morgan fingerprint density at radius 3 is 2.38 bits per heavy atom. The third kappa shape index (κ3) is 2.51. The molecule has 2 rings (SSSR count). The molecule has 90 valence electrons. The third-order valence-electron chi connectivity index (χ3n) is 2.98. The quantitative estimate of drug-likeness (QED) is 0.692. The summed E-state index contributed by atoms with van der Waals surface area (Å²) in [5.41, 5.74) is 0.755. The van der Waals surface area contributed by atoms with Crippen molar-refractivity contribution in [3.63, 3.8) is 0 Å². The standard InChI is InChI=1S/C11H13Cl2F2N/c12-8-2-1-3-9(13)10(8)16-6-4-11(14,15)5-7-16/h2H,1,3-7H2. The molecule has 1 aliphatic carbocycles. The summed E-state index contributed by atoms with van der Waals surface area (Å²) >= 11 is 12.2. The van der Waals surface area contributed by atoms with Crippen LogP contribution in [0, 0.1) is 0 Å². The van der Waals surface area contributed by atoms with Gasteiger partial charge in [-0.3, -0.25) is 0 Å². The molecule has 0 amide bonds. The van der Waals surface area contributed by atoms with Crippen LogP contribution in [0.25, 0.3) is 0 Å². The molecule has 0 radical (unpaired) electrons. The summed E-state index contributed by atoms with van der Waals surface area (Å²) in [5, 5.41) is 1.29. The van der Waals surface area contributed by atoms with Gasteiger partial charge in [0.25, 0.3) is 5.92 Å². The van der Waals surface area contributed by atoms with E-state index in [1.54, 1.807) is 0 Å². The van der Waals surface area contributed by atoms with Crippen LogP contribution >= 0.6 is 23.2 Å². The second-order valence-electron chi connectivity index (χ2n) is 4.19. The summed E-state index contributed by atoms with van der Waals surface area (Å²) < 4.78 is 26.0. The smallest absolute Gasteiger partial charge is 0.251 e. The SMILES string of the molecule is FC1(F)CCN(C2=C(Cl)CCC=C2Cl)CC1. The molecule has 1 heterocycles. The average molecular weight is 268 g/mol. The van der Waals surface area contributed by atoms with Gasteiger partial charge in [-0.05, 0) is 12.8 Å². The van der Waals surface area contributed by atoms with Crippen molar-refractivity contribution in [2.75, 3.05) is 13.1 Å². The summed E-state index contributed by atoms with van der Waals surface area (Å²) in [6.07, 6.45) is 3.23. The first-order valence-corrected chi connectivity index (χ1v) is 6.13. The van der Waals surface area contributed by atoms with Crippen LogP contribution < -0.4 is 0 Å². The number of allylic oxidation sites excluding steroid dienone is 3. The highest BCUT2D eigenvalue weighted by molar-refractivity contribution is 6.35. The Morgan fingerprint density at radius 2 is 1.81 bits per heavy atom. The van der Waals surface area contributed by atoms with Crippen molar-refractivity contribution in [1.29, 1.82) is 0 Å². The van der Waals surface area contributed by atoms with Gasteiger partial charge >= 0.3 is 0 Å². The number of halogens is 4. The van der Waals surface area contributed by atoms with Crippen molar-refractivity contribution in [2.45, 2.75) is 31.6 Å². The predicted octanol–water partition coefficient (Wildman–Crippen LogP) is 4.08. The minimum atomic E-state index is -2.53. The predicted molar refractivity (Wildman–Crippen MR) is 61.8 cm³/mol. The summed E-state index contributed by atoms with van der Waals surface area (Å²) in [6, 6.07) is 0. The minimum Gasteiger partial charge on any atom is -0.369 e. The van der Waals surface area contributed by atoms with Crippen LogP contribution in [0.4, 0.5) is 8.78 Å². The lowest BCUT2D eigenvalue weighted by atomic mass is 10.0. The normalized spacial score (nSPS) is 25.8. The molecule has 2 aliphatic rings. The Bertz CT molecular complexity index is 340. The summed E-state index contributed by atoms with van der Waals surface area (Å²) in [6.45, 7) is 0.644. The third-order valence-corrected chi connectivity index (χ3v) is 3.68. The number of nitrogens with zero attached hydrogens (tertiary/aromatic N) is 1. The molecule has 1 fully saturated rings. The summed E-state index contributed by atoms with van der Waals surface area (Å²) in [5.74, 6) is -2.53. The monoisotopic (exact) mass is 267 g/mol. The van der Waals surface area contributed by atoms with Crippen LogP contribution in [-0.4, -0.2) is 23.9 Å². The molecule has 0 aromatic carbocycles. The van der Waals surface area contributed by atoms with Crippen LogP contribution in [0.2, 0.25) is 0 Å². The highest BCUT2D eigenvalue weighted by Crippen LogP contribution is 2.36. The van der Waals surface area contributed by atoms with Gasteiger partial charge in [-0.2, -0.15) is 0 Å². The maximum Gasteiger partial charge on any atom is 0.251 e. The lowest BCUT2D eigenvalue weighted by molar-refractivity contribution is -0.0485. The van der Waals surface area contributed by atoms with Gasteiger partial charge in [-0.1, -0.05) is 29.3 Å². The zero-order chi connectivity index (χ0) is 11.8. The molecule has 0 unspecified atom stereocenters. The average Bonchev–Trinajstić information content (AvgIpc) is 2.20. The number of rotatable bonds is 1. The molecule has 0 atom stereocenters. The van der Waals surface area contributed by atoms with Gasteiger partial charge in [-0.15, -0.1) is 0 Å². The molecular weight excluding hydrogens is 255 g/mol. The first-order chi connectivity index (χ1) is 7.49. The molecule has 0 bridgehead atoms. The molecule has 1 aliphatic heterocycles. The van der Waals surface area contributed by atoms with Crippen molar-refractivity contribution in [2.24, 2.45) is 0 Å². The second kappa shape index (κ2) is 4.53. The highest BCUT2D eigenvalue weighted by Gasteiger charge is 2.35. The molecule has 1 nitrogen and oxygen atoms in total. The fourth-order valence-electron chi connectivity index (χ4n) is 2.05. The van der Waals surface area contributed by atoms with Crippen LogP contribution in [0.1, 0.15) is 25.7 Å². The molecule has 1 saturated heterocycles. The fourth-order valence-corrected chi connectivity index (χ4v) is 2.77. The van der Waals surface area contributed by atoms with E-state index in [0.717, 1.165) is 18.5 Å². The van der Waals surface area contributed by atoms with Gasteiger partial charge in [-0.25, -0.2) is 8.78 Å². The second-order valence-corrected chi connectivity index (χ2v) is 5.05. The van der Waals surface area contributed by atoms with E-state index in [1.807, 2.05) is 11.0 Å². The molecule has 0 spiro atoms. The molecule has 0 aromatic rings. The number of hydrogen-bond donors (Lipinski definition) is 0. The van der Waals surface area contributed by atoms with Gasteiger partial charge < -0.3 is 4.90 Å². The van der Waals surface area contributed by atoms with Crippen LogP contribution in [-0.2, 0) is 0 Å². The zero-order valence-corrected chi connectivity index (χ0v) is 10.3. The maximum atomic E-state index is 13.0. The number of hydrogen-bond acceptors (Lipinski definition) is 1. The Morgan fingerprint density at radius 1 is 1.19 bits per heavy atom.